The number of amides is 4. The van der Waals surface area contributed by atoms with Gasteiger partial charge in [0.2, 0.25) is 15.6 Å². The van der Waals surface area contributed by atoms with Crippen LogP contribution < -0.4 is 15.4 Å². The molecule has 0 radical (unpaired) electrons. The van der Waals surface area contributed by atoms with Gasteiger partial charge in [-0.3, -0.25) is 20.2 Å². The van der Waals surface area contributed by atoms with Gasteiger partial charge in [0, 0.05) is 0 Å². The summed E-state index contributed by atoms with van der Waals surface area (Å²) in [6.45, 7) is 0. The SMILES string of the molecule is O=C1NC(=O)C(NS(=O)(=O)c2ccccc2C(F)(F)F)(c2ccccc2)C(=O)N1. The Morgan fingerprint density at radius 3 is 1.90 bits per heavy atom. The number of halogens is 3. The van der Waals surface area contributed by atoms with Crippen LogP contribution in [-0.2, 0) is 31.3 Å². The van der Waals surface area contributed by atoms with Crippen molar-refractivity contribution in [3.63, 3.8) is 0 Å². The van der Waals surface area contributed by atoms with Crippen molar-refractivity contribution in [1.82, 2.24) is 15.4 Å². The van der Waals surface area contributed by atoms with E-state index in [0.29, 0.717) is 12.1 Å². The molecule has 3 rings (SSSR count). The molecule has 12 heteroatoms. The van der Waals surface area contributed by atoms with Crippen LogP contribution in [-0.4, -0.2) is 26.3 Å². The van der Waals surface area contributed by atoms with Crippen molar-refractivity contribution in [2.45, 2.75) is 16.6 Å². The number of carbonyl (C=O) groups is 3. The van der Waals surface area contributed by atoms with E-state index >= 15 is 0 Å². The van der Waals surface area contributed by atoms with Crippen molar-refractivity contribution in [2.24, 2.45) is 0 Å². The second-order valence-electron chi connectivity index (χ2n) is 5.95. The quantitative estimate of drug-likeness (QED) is 0.634. The molecule has 1 aliphatic heterocycles. The van der Waals surface area contributed by atoms with Crippen molar-refractivity contribution in [3.8, 4) is 0 Å². The van der Waals surface area contributed by atoms with Crippen LogP contribution in [0.1, 0.15) is 11.1 Å². The van der Waals surface area contributed by atoms with E-state index in [1.165, 1.54) is 30.3 Å². The molecule has 0 atom stereocenters. The first-order chi connectivity index (χ1) is 13.5. The third-order valence-corrected chi connectivity index (χ3v) is 5.62. The summed E-state index contributed by atoms with van der Waals surface area (Å²) in [4.78, 5) is 35.4. The number of carbonyl (C=O) groups excluding carboxylic acids is 3. The maximum Gasteiger partial charge on any atom is 0.417 e. The zero-order valence-electron chi connectivity index (χ0n) is 14.3. The molecule has 0 aromatic heterocycles. The standard InChI is InChI=1S/C17H12F3N3O5S/c18-17(19,20)11-8-4-5-9-12(11)29(27,28)23-16(10-6-2-1-3-7-10)13(24)21-15(26)22-14(16)25/h1-9,23H,(H2,21,22,24,25,26). The highest BCUT2D eigenvalue weighted by Gasteiger charge is 2.55. The molecule has 2 aromatic carbocycles. The van der Waals surface area contributed by atoms with Crippen LogP contribution >= 0.6 is 0 Å². The average molecular weight is 427 g/mol. The molecular formula is C17H12F3N3O5S. The molecule has 3 N–H and O–H groups in total. The largest absolute Gasteiger partial charge is 0.417 e. The number of sulfonamides is 1. The Morgan fingerprint density at radius 1 is 0.828 bits per heavy atom. The van der Waals surface area contributed by atoms with Gasteiger partial charge in [0.1, 0.15) is 0 Å². The van der Waals surface area contributed by atoms with Crippen molar-refractivity contribution in [3.05, 3.63) is 65.7 Å². The fourth-order valence-electron chi connectivity index (χ4n) is 2.82. The summed E-state index contributed by atoms with van der Waals surface area (Å²) in [7, 11) is -5.07. The molecule has 1 aliphatic rings. The highest BCUT2D eigenvalue weighted by molar-refractivity contribution is 7.89. The average Bonchev–Trinajstić information content (AvgIpc) is 2.65. The summed E-state index contributed by atoms with van der Waals surface area (Å²) in [5.74, 6) is -2.71. The van der Waals surface area contributed by atoms with E-state index in [-0.39, 0.29) is 5.56 Å². The van der Waals surface area contributed by atoms with E-state index in [1.807, 2.05) is 0 Å². The molecule has 0 bridgehead atoms. The number of barbiturate groups is 1. The lowest BCUT2D eigenvalue weighted by molar-refractivity contribution is -0.140. The minimum Gasteiger partial charge on any atom is -0.275 e. The predicted octanol–water partition coefficient (Wildman–Crippen LogP) is 1.25. The van der Waals surface area contributed by atoms with Gasteiger partial charge < -0.3 is 0 Å². The summed E-state index contributed by atoms with van der Waals surface area (Å²) in [5, 5.41) is 3.52. The Bertz CT molecular complexity index is 1080. The zero-order valence-corrected chi connectivity index (χ0v) is 15.1. The summed E-state index contributed by atoms with van der Waals surface area (Å²) < 4.78 is 67.4. The first-order valence-corrected chi connectivity index (χ1v) is 9.39. The lowest BCUT2D eigenvalue weighted by Crippen LogP contribution is -2.71. The van der Waals surface area contributed by atoms with E-state index in [0.717, 1.165) is 12.1 Å². The number of imide groups is 2. The molecule has 2 aromatic rings. The fourth-order valence-corrected chi connectivity index (χ4v) is 4.37. The van der Waals surface area contributed by atoms with Crippen LogP contribution in [0.2, 0.25) is 0 Å². The van der Waals surface area contributed by atoms with E-state index in [2.05, 4.69) is 0 Å². The molecular weight excluding hydrogens is 415 g/mol. The number of benzene rings is 2. The van der Waals surface area contributed by atoms with Gasteiger partial charge in [-0.2, -0.15) is 17.9 Å². The third kappa shape index (κ3) is 3.59. The zero-order chi connectivity index (χ0) is 21.4. The number of rotatable bonds is 4. The Balaban J connectivity index is 2.20. The molecule has 152 valence electrons. The van der Waals surface area contributed by atoms with Crippen molar-refractivity contribution in [2.75, 3.05) is 0 Å². The van der Waals surface area contributed by atoms with Crippen LogP contribution in [0.25, 0.3) is 0 Å². The molecule has 0 spiro atoms. The molecule has 1 fully saturated rings. The highest BCUT2D eigenvalue weighted by Crippen LogP contribution is 2.35. The number of nitrogens with one attached hydrogen (secondary N) is 3. The van der Waals surface area contributed by atoms with Crippen molar-refractivity contribution < 1.29 is 36.0 Å². The molecule has 1 saturated heterocycles. The Hall–Kier alpha value is -3.25. The Kier molecular flexibility index (Phi) is 4.92. The highest BCUT2D eigenvalue weighted by atomic mass is 32.2. The summed E-state index contributed by atoms with van der Waals surface area (Å²) in [6, 6.07) is 8.80. The molecule has 1 heterocycles. The van der Waals surface area contributed by atoms with Crippen LogP contribution in [0, 0.1) is 0 Å². The molecule has 0 unspecified atom stereocenters. The summed E-state index contributed by atoms with van der Waals surface area (Å²) in [5.41, 5.74) is -4.38. The second-order valence-corrected chi connectivity index (χ2v) is 7.60. The van der Waals surface area contributed by atoms with E-state index in [9.17, 15) is 36.0 Å². The normalized spacial score (nSPS) is 16.9. The minimum atomic E-state index is -5.07. The number of alkyl halides is 3. The van der Waals surface area contributed by atoms with E-state index < -0.39 is 50.0 Å². The van der Waals surface area contributed by atoms with Gasteiger partial charge in [0.15, 0.2) is 0 Å². The lowest BCUT2D eigenvalue weighted by Gasteiger charge is -2.34. The predicted molar refractivity (Wildman–Crippen MR) is 91.6 cm³/mol. The Morgan fingerprint density at radius 2 is 1.34 bits per heavy atom. The smallest absolute Gasteiger partial charge is 0.275 e. The third-order valence-electron chi connectivity index (χ3n) is 4.11. The van der Waals surface area contributed by atoms with Crippen LogP contribution in [0.4, 0.5) is 18.0 Å². The molecule has 4 amide bonds. The van der Waals surface area contributed by atoms with Gasteiger partial charge in [0.25, 0.3) is 11.8 Å². The maximum atomic E-state index is 13.3. The van der Waals surface area contributed by atoms with Gasteiger partial charge >= 0.3 is 12.2 Å². The molecule has 0 aliphatic carbocycles. The second kappa shape index (κ2) is 6.97. The first kappa shape index (κ1) is 20.5. The van der Waals surface area contributed by atoms with Gasteiger partial charge in [-0.05, 0) is 17.7 Å². The Labute approximate surface area is 162 Å². The summed E-state index contributed by atoms with van der Waals surface area (Å²) in [6.07, 6.45) is -5.02. The number of urea groups is 1. The fraction of sp³-hybridized carbons (Fsp3) is 0.118. The van der Waals surface area contributed by atoms with Gasteiger partial charge in [-0.1, -0.05) is 42.5 Å². The lowest BCUT2D eigenvalue weighted by atomic mass is 9.88. The van der Waals surface area contributed by atoms with E-state index in [4.69, 9.17) is 0 Å². The van der Waals surface area contributed by atoms with Crippen LogP contribution in [0.3, 0.4) is 0 Å². The van der Waals surface area contributed by atoms with Gasteiger partial charge in [0.05, 0.1) is 10.5 Å². The van der Waals surface area contributed by atoms with Crippen molar-refractivity contribution in [1.29, 1.82) is 0 Å². The first-order valence-electron chi connectivity index (χ1n) is 7.91. The van der Waals surface area contributed by atoms with Crippen LogP contribution in [0.15, 0.2) is 59.5 Å². The van der Waals surface area contributed by atoms with Crippen molar-refractivity contribution >= 4 is 27.9 Å². The maximum absolute atomic E-state index is 13.3. The monoisotopic (exact) mass is 427 g/mol. The minimum absolute atomic E-state index is 0.199. The number of hydrogen-bond donors (Lipinski definition) is 3. The van der Waals surface area contributed by atoms with Gasteiger partial charge in [-0.25, -0.2) is 13.2 Å². The van der Waals surface area contributed by atoms with Gasteiger partial charge in [-0.15, -0.1) is 0 Å². The number of hydrogen-bond acceptors (Lipinski definition) is 5. The molecule has 8 nitrogen and oxygen atoms in total. The molecule has 29 heavy (non-hydrogen) atoms. The van der Waals surface area contributed by atoms with Crippen LogP contribution in [0.5, 0.6) is 0 Å². The molecule has 0 saturated carbocycles. The van der Waals surface area contributed by atoms with E-state index in [1.54, 1.807) is 15.4 Å². The summed E-state index contributed by atoms with van der Waals surface area (Å²) >= 11 is 0. The topological polar surface area (TPSA) is 121 Å².